The summed E-state index contributed by atoms with van der Waals surface area (Å²) in [6, 6.07) is 0. The van der Waals surface area contributed by atoms with E-state index >= 15 is 0 Å². The van der Waals surface area contributed by atoms with E-state index < -0.39 is 17.2 Å². The molecule has 2 aliphatic rings. The predicted octanol–water partition coefficient (Wildman–Crippen LogP) is 2.71. The third-order valence-electron chi connectivity index (χ3n) is 5.08. The lowest BCUT2D eigenvalue weighted by Gasteiger charge is -2.25. The van der Waals surface area contributed by atoms with Gasteiger partial charge in [-0.25, -0.2) is 19.1 Å². The molecule has 0 fully saturated rings. The summed E-state index contributed by atoms with van der Waals surface area (Å²) in [7, 11) is 0. The van der Waals surface area contributed by atoms with Gasteiger partial charge < -0.3 is 10.2 Å². The molecule has 13 nitrogen and oxygen atoms in total. The molecule has 4 N–H and O–H groups in total. The van der Waals surface area contributed by atoms with Crippen LogP contribution < -0.4 is 0 Å². The van der Waals surface area contributed by atoms with Crippen molar-refractivity contribution >= 4 is 29.6 Å². The molecule has 0 bridgehead atoms. The normalized spacial score (nSPS) is 16.3. The van der Waals surface area contributed by atoms with Gasteiger partial charge in [0, 0.05) is 6.42 Å². The van der Waals surface area contributed by atoms with Crippen molar-refractivity contribution < 1.29 is 15.0 Å². The third kappa shape index (κ3) is 2.50. The number of imidazole rings is 2. The van der Waals surface area contributed by atoms with Crippen LogP contribution in [0.25, 0.3) is 0 Å². The fourth-order valence-electron chi connectivity index (χ4n) is 3.43. The summed E-state index contributed by atoms with van der Waals surface area (Å²) >= 11 is 0. The van der Waals surface area contributed by atoms with Gasteiger partial charge in [-0.15, -0.1) is 20.5 Å². The van der Waals surface area contributed by atoms with Gasteiger partial charge in [0.1, 0.15) is 16.8 Å². The molecule has 29 heavy (non-hydrogen) atoms. The zero-order valence-corrected chi connectivity index (χ0v) is 15.7. The molecule has 4 heterocycles. The van der Waals surface area contributed by atoms with Gasteiger partial charge in [0.15, 0.2) is 5.78 Å². The van der Waals surface area contributed by atoms with Gasteiger partial charge in [-0.05, 0) is 13.3 Å². The van der Waals surface area contributed by atoms with Crippen LogP contribution in [0, 0.1) is 10.8 Å². The molecule has 0 spiro atoms. The Labute approximate surface area is 163 Å². The van der Waals surface area contributed by atoms with E-state index in [9.17, 15) is 15.0 Å². The van der Waals surface area contributed by atoms with Crippen molar-refractivity contribution in [3.05, 3.63) is 11.4 Å². The second kappa shape index (κ2) is 6.39. The molecule has 0 amide bonds. The Morgan fingerprint density at radius 2 is 1.41 bits per heavy atom. The van der Waals surface area contributed by atoms with E-state index in [2.05, 4.69) is 30.4 Å². The lowest BCUT2D eigenvalue weighted by molar-refractivity contribution is -0.123. The standard InChI is InChI=1S/C16H18N10O3/c1-3-4-5-6-7(27)16(2,8-10(28)25-12(17)21-23-14(25)19-8)9-11(29)26-13(18)22-24-15(26)20-9/h17-18,28-29H,3-6H2,1-2H3. The van der Waals surface area contributed by atoms with Crippen LogP contribution in [0.15, 0.2) is 20.5 Å². The monoisotopic (exact) mass is 398 g/mol. The minimum absolute atomic E-state index is 0.0475. The molecule has 0 unspecified atom stereocenters. The Bertz CT molecular complexity index is 1050. The number of aromatic hydroxyl groups is 2. The lowest BCUT2D eigenvalue weighted by atomic mass is 9.77. The van der Waals surface area contributed by atoms with Crippen LogP contribution in [0.1, 0.15) is 50.9 Å². The van der Waals surface area contributed by atoms with Crippen LogP contribution in [0.4, 0.5) is 11.9 Å². The molecule has 0 aromatic carbocycles. The maximum atomic E-state index is 13.3. The number of hydrogen-bond acceptors (Lipinski definition) is 9. The van der Waals surface area contributed by atoms with Crippen molar-refractivity contribution in [2.75, 3.05) is 0 Å². The SMILES string of the molecule is CCCCCC(=O)C(C)(c1nc2n(c1O)C(=N)N=N2)c1nc2n(c1O)C(=N)N=N2. The van der Waals surface area contributed by atoms with Crippen LogP contribution in [0.2, 0.25) is 0 Å². The van der Waals surface area contributed by atoms with Crippen molar-refractivity contribution in [3.8, 4) is 11.8 Å². The molecule has 0 saturated heterocycles. The van der Waals surface area contributed by atoms with E-state index in [0.717, 1.165) is 22.0 Å². The molecule has 150 valence electrons. The van der Waals surface area contributed by atoms with Gasteiger partial charge in [-0.1, -0.05) is 19.8 Å². The second-order valence-electron chi connectivity index (χ2n) is 6.89. The zero-order valence-electron chi connectivity index (χ0n) is 15.7. The minimum Gasteiger partial charge on any atom is -0.493 e. The molecule has 0 saturated carbocycles. The Morgan fingerprint density at radius 3 is 1.83 bits per heavy atom. The highest BCUT2D eigenvalue weighted by Crippen LogP contribution is 2.46. The van der Waals surface area contributed by atoms with E-state index in [1.165, 1.54) is 6.92 Å². The number of fused-ring (bicyclic) bond motifs is 2. The number of azo groups is 2. The molecular weight excluding hydrogens is 380 g/mol. The molecule has 4 rings (SSSR count). The second-order valence-corrected chi connectivity index (χ2v) is 6.89. The summed E-state index contributed by atoms with van der Waals surface area (Å²) in [5.74, 6) is -2.08. The molecule has 13 heteroatoms. The van der Waals surface area contributed by atoms with Gasteiger partial charge in [0.25, 0.3) is 23.8 Å². The molecule has 0 radical (unpaired) electrons. The highest BCUT2D eigenvalue weighted by Gasteiger charge is 2.48. The lowest BCUT2D eigenvalue weighted by Crippen LogP contribution is -2.35. The first-order chi connectivity index (χ1) is 13.8. The van der Waals surface area contributed by atoms with Gasteiger partial charge in [-0.2, -0.15) is 0 Å². The average Bonchev–Trinajstić information content (AvgIpc) is 3.41. The van der Waals surface area contributed by atoms with E-state index in [-0.39, 0.29) is 47.4 Å². The number of aromatic nitrogens is 4. The van der Waals surface area contributed by atoms with Crippen LogP contribution in [0.5, 0.6) is 11.8 Å². The first-order valence-electron chi connectivity index (χ1n) is 8.99. The average molecular weight is 398 g/mol. The largest absolute Gasteiger partial charge is 0.493 e. The van der Waals surface area contributed by atoms with Gasteiger partial charge in [-0.3, -0.25) is 15.6 Å². The third-order valence-corrected chi connectivity index (χ3v) is 5.08. The fourth-order valence-corrected chi connectivity index (χ4v) is 3.43. The first kappa shape index (κ1) is 18.6. The number of carbonyl (C=O) groups excluding carboxylic acids is 1. The van der Waals surface area contributed by atoms with Crippen molar-refractivity contribution in [2.24, 2.45) is 20.5 Å². The topological polar surface area (TPSA) is 190 Å². The number of carbonyl (C=O) groups is 1. The summed E-state index contributed by atoms with van der Waals surface area (Å²) in [4.78, 5) is 21.7. The summed E-state index contributed by atoms with van der Waals surface area (Å²) in [5.41, 5.74) is -1.87. The Balaban J connectivity index is 1.90. The quantitative estimate of drug-likeness (QED) is 0.520. The maximum Gasteiger partial charge on any atom is 0.259 e. The van der Waals surface area contributed by atoms with E-state index in [0.29, 0.717) is 6.42 Å². The van der Waals surface area contributed by atoms with Gasteiger partial charge in [0.2, 0.25) is 11.8 Å². The number of nitrogens with zero attached hydrogens (tertiary/aromatic N) is 8. The Hall–Kier alpha value is -3.77. The van der Waals surface area contributed by atoms with Crippen LogP contribution in [-0.4, -0.2) is 47.0 Å². The van der Waals surface area contributed by atoms with Crippen molar-refractivity contribution in [1.82, 2.24) is 19.1 Å². The molecular formula is C16H18N10O3. The fraction of sp³-hybridized carbons (Fsp3) is 0.438. The number of ketones is 1. The molecule has 2 aliphatic heterocycles. The summed E-state index contributed by atoms with van der Waals surface area (Å²) in [5, 5.41) is 51.5. The van der Waals surface area contributed by atoms with Gasteiger partial charge in [0.05, 0.1) is 0 Å². The number of unbranched alkanes of at least 4 members (excludes halogenated alkanes) is 2. The smallest absolute Gasteiger partial charge is 0.259 e. The van der Waals surface area contributed by atoms with Crippen LogP contribution in [-0.2, 0) is 10.2 Å². The molecule has 2 aromatic heterocycles. The van der Waals surface area contributed by atoms with E-state index in [4.69, 9.17) is 10.8 Å². The van der Waals surface area contributed by atoms with Crippen LogP contribution in [0.3, 0.4) is 0 Å². The number of nitrogens with one attached hydrogen (secondary N) is 2. The van der Waals surface area contributed by atoms with E-state index in [1.54, 1.807) is 0 Å². The Kier molecular flexibility index (Phi) is 4.10. The van der Waals surface area contributed by atoms with E-state index in [1.807, 2.05) is 6.92 Å². The van der Waals surface area contributed by atoms with Gasteiger partial charge >= 0.3 is 0 Å². The summed E-state index contributed by atoms with van der Waals surface area (Å²) in [6.07, 6.45) is 2.51. The molecule has 2 aromatic rings. The number of hydrogen-bond donors (Lipinski definition) is 4. The van der Waals surface area contributed by atoms with Crippen LogP contribution >= 0.6 is 0 Å². The first-order valence-corrected chi connectivity index (χ1v) is 8.99. The summed E-state index contributed by atoms with van der Waals surface area (Å²) in [6.45, 7) is 3.49. The highest BCUT2D eigenvalue weighted by molar-refractivity contribution is 5.96. The minimum atomic E-state index is -1.66. The highest BCUT2D eigenvalue weighted by atomic mass is 16.3. The van der Waals surface area contributed by atoms with Crippen molar-refractivity contribution in [3.63, 3.8) is 0 Å². The zero-order chi connectivity index (χ0) is 20.9. The Morgan fingerprint density at radius 1 is 0.931 bits per heavy atom. The predicted molar refractivity (Wildman–Crippen MR) is 98.7 cm³/mol. The van der Waals surface area contributed by atoms with Crippen molar-refractivity contribution in [1.29, 1.82) is 10.8 Å². The summed E-state index contributed by atoms with van der Waals surface area (Å²) < 4.78 is 1.99. The number of Topliss-reactive ketones (excluding diaryl/α,β-unsaturated/α-hetero) is 1. The van der Waals surface area contributed by atoms with Crippen molar-refractivity contribution in [2.45, 2.75) is 44.9 Å². The molecule has 0 atom stereocenters. The molecule has 0 aliphatic carbocycles. The maximum absolute atomic E-state index is 13.3. The number of rotatable bonds is 7.